The molecule has 4 rings (SSSR count). The van der Waals surface area contributed by atoms with Crippen LogP contribution < -0.4 is 9.64 Å². The van der Waals surface area contributed by atoms with Crippen LogP contribution in [0.15, 0.2) is 66.9 Å². The molecule has 0 spiro atoms. The SMILES string of the molecule is CCOc1cccc2sc(N(Cc3ccccn3)C(=O)c3ccc(C#N)cc3)nc12. The molecule has 0 fully saturated rings. The molecule has 0 N–H and O–H groups in total. The van der Waals surface area contributed by atoms with Gasteiger partial charge in [0.1, 0.15) is 11.3 Å². The summed E-state index contributed by atoms with van der Waals surface area (Å²) in [6.45, 7) is 2.74. The van der Waals surface area contributed by atoms with E-state index in [9.17, 15) is 4.79 Å². The van der Waals surface area contributed by atoms with Crippen molar-refractivity contribution in [2.75, 3.05) is 11.5 Å². The largest absolute Gasteiger partial charge is 0.492 e. The van der Waals surface area contributed by atoms with E-state index < -0.39 is 0 Å². The molecule has 30 heavy (non-hydrogen) atoms. The number of pyridine rings is 1. The summed E-state index contributed by atoms with van der Waals surface area (Å²) in [6.07, 6.45) is 1.70. The lowest BCUT2D eigenvalue weighted by atomic mass is 10.1. The highest BCUT2D eigenvalue weighted by Crippen LogP contribution is 2.35. The van der Waals surface area contributed by atoms with Crippen LogP contribution in [0.1, 0.15) is 28.5 Å². The first kappa shape index (κ1) is 19.6. The van der Waals surface area contributed by atoms with Gasteiger partial charge in [0.25, 0.3) is 5.91 Å². The predicted octanol–water partition coefficient (Wildman–Crippen LogP) is 4.81. The second kappa shape index (κ2) is 8.72. The van der Waals surface area contributed by atoms with Crippen molar-refractivity contribution in [1.82, 2.24) is 9.97 Å². The first-order chi connectivity index (χ1) is 14.7. The highest BCUT2D eigenvalue weighted by molar-refractivity contribution is 7.22. The van der Waals surface area contributed by atoms with E-state index in [-0.39, 0.29) is 12.5 Å². The summed E-state index contributed by atoms with van der Waals surface area (Å²) >= 11 is 1.43. The molecule has 7 heteroatoms. The van der Waals surface area contributed by atoms with Crippen molar-refractivity contribution in [3.8, 4) is 11.8 Å². The van der Waals surface area contributed by atoms with Crippen molar-refractivity contribution in [3.05, 3.63) is 83.7 Å². The molecule has 0 aliphatic heterocycles. The fourth-order valence-electron chi connectivity index (χ4n) is 3.02. The number of benzene rings is 2. The Morgan fingerprint density at radius 2 is 1.97 bits per heavy atom. The second-order valence-corrected chi connectivity index (χ2v) is 7.44. The molecule has 2 aromatic carbocycles. The number of para-hydroxylation sites is 1. The van der Waals surface area contributed by atoms with Crippen molar-refractivity contribution in [3.63, 3.8) is 0 Å². The number of ether oxygens (including phenoxy) is 1. The Balaban J connectivity index is 1.76. The Morgan fingerprint density at radius 3 is 2.67 bits per heavy atom. The molecule has 0 aliphatic carbocycles. The molecule has 0 bridgehead atoms. The smallest absolute Gasteiger partial charge is 0.260 e. The molecule has 0 radical (unpaired) electrons. The van der Waals surface area contributed by atoms with Gasteiger partial charge in [-0.1, -0.05) is 23.5 Å². The van der Waals surface area contributed by atoms with Crippen LogP contribution in [0.25, 0.3) is 10.2 Å². The third-order valence-corrected chi connectivity index (χ3v) is 5.50. The van der Waals surface area contributed by atoms with Gasteiger partial charge in [-0.05, 0) is 55.5 Å². The zero-order valence-corrected chi connectivity index (χ0v) is 17.1. The molecule has 2 heterocycles. The number of anilines is 1. The lowest BCUT2D eigenvalue weighted by molar-refractivity contribution is 0.0985. The summed E-state index contributed by atoms with van der Waals surface area (Å²) in [5.41, 5.74) is 2.47. The van der Waals surface area contributed by atoms with Gasteiger partial charge >= 0.3 is 0 Å². The number of hydrogen-bond acceptors (Lipinski definition) is 6. The molecule has 0 unspecified atom stereocenters. The van der Waals surface area contributed by atoms with Crippen molar-refractivity contribution in [2.24, 2.45) is 0 Å². The van der Waals surface area contributed by atoms with Gasteiger partial charge in [-0.2, -0.15) is 5.26 Å². The molecule has 4 aromatic rings. The summed E-state index contributed by atoms with van der Waals surface area (Å²) in [6, 6.07) is 20.0. The third-order valence-electron chi connectivity index (χ3n) is 4.45. The lowest BCUT2D eigenvalue weighted by Gasteiger charge is -2.19. The van der Waals surface area contributed by atoms with E-state index in [1.165, 1.54) is 11.3 Å². The van der Waals surface area contributed by atoms with E-state index in [0.29, 0.717) is 28.6 Å². The molecule has 0 aliphatic rings. The van der Waals surface area contributed by atoms with Crippen molar-refractivity contribution in [2.45, 2.75) is 13.5 Å². The molecular formula is C23H18N4O2S. The quantitative estimate of drug-likeness (QED) is 0.452. The fourth-order valence-corrected chi connectivity index (χ4v) is 4.00. The van der Waals surface area contributed by atoms with Crippen LogP contribution in [-0.4, -0.2) is 22.5 Å². The van der Waals surface area contributed by atoms with E-state index in [1.54, 1.807) is 35.4 Å². The van der Waals surface area contributed by atoms with Crippen LogP contribution in [0.2, 0.25) is 0 Å². The van der Waals surface area contributed by atoms with E-state index in [2.05, 4.69) is 11.1 Å². The summed E-state index contributed by atoms with van der Waals surface area (Å²) in [5.74, 6) is 0.489. The van der Waals surface area contributed by atoms with Crippen LogP contribution in [-0.2, 0) is 6.54 Å². The molecule has 0 saturated carbocycles. The van der Waals surface area contributed by atoms with Gasteiger partial charge in [-0.15, -0.1) is 0 Å². The summed E-state index contributed by atoms with van der Waals surface area (Å²) in [5, 5.41) is 9.59. The Bertz CT molecular complexity index is 1210. The number of nitrogens with zero attached hydrogens (tertiary/aromatic N) is 4. The van der Waals surface area contributed by atoms with E-state index in [4.69, 9.17) is 15.0 Å². The minimum Gasteiger partial charge on any atom is -0.492 e. The first-order valence-corrected chi connectivity index (χ1v) is 10.3. The zero-order chi connectivity index (χ0) is 20.9. The zero-order valence-electron chi connectivity index (χ0n) is 16.3. The van der Waals surface area contributed by atoms with Gasteiger partial charge in [0.2, 0.25) is 0 Å². The molecule has 6 nitrogen and oxygen atoms in total. The van der Waals surface area contributed by atoms with Crippen molar-refractivity contribution < 1.29 is 9.53 Å². The maximum atomic E-state index is 13.4. The van der Waals surface area contributed by atoms with Gasteiger partial charge in [0.05, 0.1) is 35.2 Å². The number of hydrogen-bond donors (Lipinski definition) is 0. The highest BCUT2D eigenvalue weighted by atomic mass is 32.1. The maximum Gasteiger partial charge on any atom is 0.260 e. The maximum absolute atomic E-state index is 13.4. The van der Waals surface area contributed by atoms with Gasteiger partial charge in [0.15, 0.2) is 5.13 Å². The van der Waals surface area contributed by atoms with E-state index >= 15 is 0 Å². The minimum absolute atomic E-state index is 0.206. The van der Waals surface area contributed by atoms with Crippen LogP contribution in [0.4, 0.5) is 5.13 Å². The molecular weight excluding hydrogens is 396 g/mol. The first-order valence-electron chi connectivity index (χ1n) is 9.44. The summed E-state index contributed by atoms with van der Waals surface area (Å²) in [4.78, 5) is 24.1. The van der Waals surface area contributed by atoms with E-state index in [0.717, 1.165) is 15.9 Å². The molecule has 0 atom stereocenters. The number of aromatic nitrogens is 2. The number of fused-ring (bicyclic) bond motifs is 1. The van der Waals surface area contributed by atoms with Gasteiger partial charge in [0, 0.05) is 11.8 Å². The monoisotopic (exact) mass is 414 g/mol. The van der Waals surface area contributed by atoms with Crippen LogP contribution in [0.3, 0.4) is 0 Å². The lowest BCUT2D eigenvalue weighted by Crippen LogP contribution is -2.30. The number of carbonyl (C=O) groups is 1. The fraction of sp³-hybridized carbons (Fsp3) is 0.130. The molecule has 148 valence electrons. The predicted molar refractivity (Wildman–Crippen MR) is 117 cm³/mol. The standard InChI is InChI=1S/C23H18N4O2S/c1-2-29-19-7-5-8-20-21(19)26-23(30-20)27(15-18-6-3-4-13-25-18)22(28)17-11-9-16(14-24)10-12-17/h3-13H,2,15H2,1H3. The number of carbonyl (C=O) groups excluding carboxylic acids is 1. The van der Waals surface area contributed by atoms with Gasteiger partial charge in [-0.3, -0.25) is 14.7 Å². The van der Waals surface area contributed by atoms with E-state index in [1.807, 2.05) is 43.3 Å². The number of amides is 1. The number of rotatable bonds is 6. The topological polar surface area (TPSA) is 79.1 Å². The molecule has 2 aromatic heterocycles. The van der Waals surface area contributed by atoms with Crippen LogP contribution in [0.5, 0.6) is 5.75 Å². The number of nitriles is 1. The van der Waals surface area contributed by atoms with Gasteiger partial charge < -0.3 is 4.74 Å². The summed E-state index contributed by atoms with van der Waals surface area (Å²) in [7, 11) is 0. The average Bonchev–Trinajstić information content (AvgIpc) is 3.23. The van der Waals surface area contributed by atoms with Crippen LogP contribution in [0, 0.1) is 11.3 Å². The Hall–Kier alpha value is -3.76. The average molecular weight is 414 g/mol. The summed E-state index contributed by atoms with van der Waals surface area (Å²) < 4.78 is 6.64. The van der Waals surface area contributed by atoms with Crippen molar-refractivity contribution >= 4 is 32.6 Å². The normalized spacial score (nSPS) is 10.5. The van der Waals surface area contributed by atoms with Crippen LogP contribution >= 0.6 is 11.3 Å². The second-order valence-electron chi connectivity index (χ2n) is 6.43. The van der Waals surface area contributed by atoms with Crippen molar-refractivity contribution in [1.29, 1.82) is 5.26 Å². The Morgan fingerprint density at radius 1 is 1.13 bits per heavy atom. The molecule has 0 saturated heterocycles. The molecule has 1 amide bonds. The Labute approximate surface area is 178 Å². The number of thiazole rings is 1. The Kier molecular flexibility index (Phi) is 5.68. The van der Waals surface area contributed by atoms with Gasteiger partial charge in [-0.25, -0.2) is 4.98 Å². The highest BCUT2D eigenvalue weighted by Gasteiger charge is 2.23. The minimum atomic E-state index is -0.206. The third kappa shape index (κ3) is 4.00.